The number of nitrogens with one attached hydrogen (secondary N) is 1. The van der Waals surface area contributed by atoms with Crippen molar-refractivity contribution < 1.29 is 0 Å². The van der Waals surface area contributed by atoms with E-state index in [4.69, 9.17) is 5.73 Å². The van der Waals surface area contributed by atoms with E-state index in [0.717, 1.165) is 8.95 Å². The van der Waals surface area contributed by atoms with Crippen LogP contribution in [0.5, 0.6) is 0 Å². The summed E-state index contributed by atoms with van der Waals surface area (Å²) in [6.07, 6.45) is 3.79. The van der Waals surface area contributed by atoms with Crippen LogP contribution in [0.25, 0.3) is 0 Å². The van der Waals surface area contributed by atoms with Crippen molar-refractivity contribution in [2.24, 2.45) is 11.1 Å². The van der Waals surface area contributed by atoms with Gasteiger partial charge in [0, 0.05) is 27.6 Å². The number of benzene rings is 1. The summed E-state index contributed by atoms with van der Waals surface area (Å²) >= 11 is 7.06. The third-order valence-corrected chi connectivity index (χ3v) is 5.87. The molecule has 1 aromatic carbocycles. The highest BCUT2D eigenvalue weighted by Gasteiger charge is 2.31. The van der Waals surface area contributed by atoms with E-state index in [1.165, 1.54) is 24.8 Å². The Morgan fingerprint density at radius 2 is 2.11 bits per heavy atom. The lowest BCUT2D eigenvalue weighted by Crippen LogP contribution is -2.35. The molecule has 0 amide bonds. The van der Waals surface area contributed by atoms with E-state index in [-0.39, 0.29) is 6.04 Å². The molecule has 0 aromatic heterocycles. The zero-order chi connectivity index (χ0) is 14.0. The highest BCUT2D eigenvalue weighted by Crippen LogP contribution is 2.38. The van der Waals surface area contributed by atoms with Gasteiger partial charge in [0.2, 0.25) is 0 Å². The normalized spacial score (nSPS) is 23.5. The molecule has 0 bridgehead atoms. The zero-order valence-corrected chi connectivity index (χ0v) is 14.7. The molecular weight excluding hydrogens is 368 g/mol. The number of halogens is 2. The second-order valence-electron chi connectivity index (χ2n) is 6.23. The lowest BCUT2D eigenvalue weighted by molar-refractivity contribution is 0.353. The minimum absolute atomic E-state index is 0.239. The summed E-state index contributed by atoms with van der Waals surface area (Å²) in [5, 5.41) is 3.72. The molecule has 1 aliphatic rings. The summed E-state index contributed by atoms with van der Waals surface area (Å²) in [5.41, 5.74) is 7.67. The maximum Gasteiger partial charge on any atom is 0.0447 e. The smallest absolute Gasteiger partial charge is 0.0447 e. The van der Waals surface area contributed by atoms with Gasteiger partial charge in [-0.25, -0.2) is 0 Å². The minimum Gasteiger partial charge on any atom is -0.329 e. The molecule has 2 rings (SSSR count). The van der Waals surface area contributed by atoms with Crippen LogP contribution in [0.2, 0.25) is 0 Å². The first-order chi connectivity index (χ1) is 8.91. The molecule has 2 atom stereocenters. The molecule has 1 aliphatic carbocycles. The van der Waals surface area contributed by atoms with Crippen molar-refractivity contribution in [1.82, 2.24) is 5.32 Å². The summed E-state index contributed by atoms with van der Waals surface area (Å²) in [7, 11) is 0. The topological polar surface area (TPSA) is 38.0 Å². The lowest BCUT2D eigenvalue weighted by atomic mass is 9.91. The Morgan fingerprint density at radius 1 is 1.37 bits per heavy atom. The quantitative estimate of drug-likeness (QED) is 0.801. The number of rotatable bonds is 4. The van der Waals surface area contributed by atoms with Gasteiger partial charge in [-0.05, 0) is 74.2 Å². The van der Waals surface area contributed by atoms with Crippen LogP contribution in [0.1, 0.15) is 44.7 Å². The monoisotopic (exact) mass is 388 g/mol. The Bertz CT molecular complexity index is 446. The summed E-state index contributed by atoms with van der Waals surface area (Å²) in [4.78, 5) is 0. The van der Waals surface area contributed by atoms with E-state index in [9.17, 15) is 0 Å². The van der Waals surface area contributed by atoms with Crippen LogP contribution in [0, 0.1) is 5.41 Å². The van der Waals surface area contributed by atoms with Crippen molar-refractivity contribution >= 4 is 31.9 Å². The second kappa shape index (κ2) is 6.25. The fourth-order valence-electron chi connectivity index (χ4n) is 2.89. The standard InChI is InChI=1S/C15H22Br2N2/c1-15(2)6-5-11(8-15)19-14(9-18)10-3-4-12(16)13(17)7-10/h3-4,7,11,14,19H,5-6,8-9,18H2,1-2H3. The number of hydrogen-bond acceptors (Lipinski definition) is 2. The van der Waals surface area contributed by atoms with Gasteiger partial charge in [-0.1, -0.05) is 19.9 Å². The Balaban J connectivity index is 2.06. The summed E-state index contributed by atoms with van der Waals surface area (Å²) in [6, 6.07) is 7.19. The lowest BCUT2D eigenvalue weighted by Gasteiger charge is -2.24. The van der Waals surface area contributed by atoms with Gasteiger partial charge in [-0.3, -0.25) is 0 Å². The van der Waals surface area contributed by atoms with Crippen molar-refractivity contribution in [2.75, 3.05) is 6.54 Å². The molecule has 0 radical (unpaired) electrons. The van der Waals surface area contributed by atoms with Crippen LogP contribution in [0.3, 0.4) is 0 Å². The maximum atomic E-state index is 5.95. The van der Waals surface area contributed by atoms with Crippen LogP contribution >= 0.6 is 31.9 Å². The fraction of sp³-hybridized carbons (Fsp3) is 0.600. The molecule has 0 spiro atoms. The molecule has 4 heteroatoms. The molecule has 3 N–H and O–H groups in total. The molecular formula is C15H22Br2N2. The summed E-state index contributed by atoms with van der Waals surface area (Å²) in [6.45, 7) is 5.33. The van der Waals surface area contributed by atoms with Crippen LogP contribution in [-0.2, 0) is 0 Å². The van der Waals surface area contributed by atoms with E-state index >= 15 is 0 Å². The van der Waals surface area contributed by atoms with Gasteiger partial charge in [0.15, 0.2) is 0 Å². The van der Waals surface area contributed by atoms with Crippen LogP contribution in [-0.4, -0.2) is 12.6 Å². The van der Waals surface area contributed by atoms with Crippen molar-refractivity contribution in [3.05, 3.63) is 32.7 Å². The van der Waals surface area contributed by atoms with Crippen molar-refractivity contribution in [3.63, 3.8) is 0 Å². The predicted molar refractivity (Wildman–Crippen MR) is 88.2 cm³/mol. The summed E-state index contributed by atoms with van der Waals surface area (Å²) < 4.78 is 2.16. The van der Waals surface area contributed by atoms with Gasteiger partial charge in [0.25, 0.3) is 0 Å². The van der Waals surface area contributed by atoms with Gasteiger partial charge >= 0.3 is 0 Å². The van der Waals surface area contributed by atoms with Gasteiger partial charge in [0.05, 0.1) is 0 Å². The van der Waals surface area contributed by atoms with Gasteiger partial charge in [-0.2, -0.15) is 0 Å². The van der Waals surface area contributed by atoms with Crippen LogP contribution in [0.4, 0.5) is 0 Å². The molecule has 1 fully saturated rings. The van der Waals surface area contributed by atoms with Gasteiger partial charge in [0.1, 0.15) is 0 Å². The van der Waals surface area contributed by atoms with E-state index in [0.29, 0.717) is 18.0 Å². The van der Waals surface area contributed by atoms with E-state index < -0.39 is 0 Å². The highest BCUT2D eigenvalue weighted by molar-refractivity contribution is 9.13. The Hall–Kier alpha value is 0.1000. The second-order valence-corrected chi connectivity index (χ2v) is 7.94. The first-order valence-corrected chi connectivity index (χ1v) is 8.41. The largest absolute Gasteiger partial charge is 0.329 e. The molecule has 2 unspecified atom stereocenters. The maximum absolute atomic E-state index is 5.95. The third-order valence-electron chi connectivity index (χ3n) is 3.99. The van der Waals surface area contributed by atoms with Gasteiger partial charge in [-0.15, -0.1) is 0 Å². The predicted octanol–water partition coefficient (Wildman–Crippen LogP) is 4.38. The van der Waals surface area contributed by atoms with Crippen molar-refractivity contribution in [1.29, 1.82) is 0 Å². The minimum atomic E-state index is 0.239. The Morgan fingerprint density at radius 3 is 2.63 bits per heavy atom. The first-order valence-electron chi connectivity index (χ1n) is 6.82. The number of nitrogens with two attached hydrogens (primary N) is 1. The van der Waals surface area contributed by atoms with Crippen molar-refractivity contribution in [2.45, 2.75) is 45.2 Å². The highest BCUT2D eigenvalue weighted by atomic mass is 79.9. The Labute approximate surface area is 132 Å². The average Bonchev–Trinajstić information content (AvgIpc) is 2.69. The zero-order valence-electron chi connectivity index (χ0n) is 11.5. The third kappa shape index (κ3) is 4.03. The van der Waals surface area contributed by atoms with Gasteiger partial charge < -0.3 is 11.1 Å². The SMILES string of the molecule is CC1(C)CCC(NC(CN)c2ccc(Br)c(Br)c2)C1. The molecule has 2 nitrogen and oxygen atoms in total. The Kier molecular flexibility index (Phi) is 5.09. The average molecular weight is 390 g/mol. The molecule has 1 saturated carbocycles. The molecule has 0 heterocycles. The van der Waals surface area contributed by atoms with Crippen molar-refractivity contribution in [3.8, 4) is 0 Å². The molecule has 1 aromatic rings. The number of hydrogen-bond donors (Lipinski definition) is 2. The molecule has 106 valence electrons. The molecule has 0 saturated heterocycles. The fourth-order valence-corrected chi connectivity index (χ4v) is 3.54. The first kappa shape index (κ1) is 15.5. The summed E-state index contributed by atoms with van der Waals surface area (Å²) in [5.74, 6) is 0. The van der Waals surface area contributed by atoms with Crippen LogP contribution in [0.15, 0.2) is 27.1 Å². The van der Waals surface area contributed by atoms with E-state index in [1.54, 1.807) is 0 Å². The van der Waals surface area contributed by atoms with E-state index in [1.807, 2.05) is 0 Å². The van der Waals surface area contributed by atoms with E-state index in [2.05, 4.69) is 69.2 Å². The molecule has 0 aliphatic heterocycles. The van der Waals surface area contributed by atoms with Crippen LogP contribution < -0.4 is 11.1 Å². The molecule has 19 heavy (non-hydrogen) atoms.